The Hall–Kier alpha value is -3.07. The second-order valence-electron chi connectivity index (χ2n) is 7.54. The van der Waals surface area contributed by atoms with E-state index >= 15 is 0 Å². The zero-order valence-corrected chi connectivity index (χ0v) is 19.7. The molecule has 6 nitrogen and oxygen atoms in total. The monoisotopic (exact) mass is 480 g/mol. The number of amides is 1. The quantitative estimate of drug-likeness (QED) is 0.529. The summed E-state index contributed by atoms with van der Waals surface area (Å²) < 4.78 is 28.4. The van der Waals surface area contributed by atoms with Crippen LogP contribution in [-0.2, 0) is 10.0 Å². The van der Waals surface area contributed by atoms with Gasteiger partial charge in [0.15, 0.2) is 0 Å². The van der Waals surface area contributed by atoms with E-state index in [1.54, 1.807) is 30.3 Å². The number of aliphatic hydroxyl groups is 1. The number of rotatable bonds is 6. The van der Waals surface area contributed by atoms with Gasteiger partial charge in [0.2, 0.25) is 0 Å². The molecule has 0 aliphatic carbocycles. The maximum absolute atomic E-state index is 13.5. The zero-order valence-electron chi connectivity index (χ0n) is 18.1. The molecular weight excluding hydrogens is 456 g/mol. The van der Waals surface area contributed by atoms with Crippen molar-refractivity contribution in [3.8, 4) is 0 Å². The predicted molar refractivity (Wildman–Crippen MR) is 132 cm³/mol. The number of sulfonamides is 1. The number of hydrogen-bond donors (Lipinski definition) is 2. The van der Waals surface area contributed by atoms with Crippen LogP contribution in [-0.4, -0.2) is 32.6 Å². The molecule has 8 heteroatoms. The van der Waals surface area contributed by atoms with E-state index in [9.17, 15) is 18.3 Å². The largest absolute Gasteiger partial charge is 0.396 e. The third kappa shape index (κ3) is 4.98. The summed E-state index contributed by atoms with van der Waals surface area (Å²) in [6.45, 7) is 2.04. The van der Waals surface area contributed by atoms with Crippen molar-refractivity contribution in [2.24, 2.45) is 0 Å². The minimum Gasteiger partial charge on any atom is -0.396 e. The second-order valence-corrected chi connectivity index (χ2v) is 10.6. The van der Waals surface area contributed by atoms with E-state index in [1.807, 2.05) is 43.3 Å². The number of nitrogens with one attached hydrogen (secondary N) is 1. The number of aryl methyl sites for hydroxylation is 1. The smallest absolute Gasteiger partial charge is 0.264 e. The van der Waals surface area contributed by atoms with Gasteiger partial charge in [-0.25, -0.2) is 8.42 Å². The molecule has 0 radical (unpaired) electrons. The molecule has 0 spiro atoms. The number of para-hydroxylation sites is 1. The highest BCUT2D eigenvalue weighted by molar-refractivity contribution is 8.03. The molecule has 0 bridgehead atoms. The van der Waals surface area contributed by atoms with Crippen LogP contribution in [0.3, 0.4) is 0 Å². The summed E-state index contributed by atoms with van der Waals surface area (Å²) in [5.74, 6) is -0.247. The van der Waals surface area contributed by atoms with Gasteiger partial charge in [0.05, 0.1) is 17.1 Å². The topological polar surface area (TPSA) is 86.7 Å². The number of aliphatic hydroxyl groups excluding tert-OH is 1. The minimum atomic E-state index is -3.84. The van der Waals surface area contributed by atoms with Crippen LogP contribution < -0.4 is 9.62 Å². The van der Waals surface area contributed by atoms with Gasteiger partial charge in [-0.05, 0) is 59.9 Å². The number of fused-ring (bicyclic) bond motifs is 1. The Morgan fingerprint density at radius 3 is 2.45 bits per heavy atom. The van der Waals surface area contributed by atoms with E-state index in [1.165, 1.54) is 28.2 Å². The highest BCUT2D eigenvalue weighted by atomic mass is 32.2. The summed E-state index contributed by atoms with van der Waals surface area (Å²) in [4.78, 5) is 14.4. The second kappa shape index (κ2) is 9.82. The summed E-state index contributed by atoms with van der Waals surface area (Å²) in [6, 6.07) is 20.8. The van der Waals surface area contributed by atoms with Crippen LogP contribution in [0.1, 0.15) is 22.3 Å². The molecule has 0 aromatic heterocycles. The Kier molecular flexibility index (Phi) is 6.88. The van der Waals surface area contributed by atoms with Gasteiger partial charge in [0.25, 0.3) is 15.9 Å². The van der Waals surface area contributed by atoms with Crippen molar-refractivity contribution in [3.05, 3.63) is 94.9 Å². The Bertz CT molecular complexity index is 1300. The molecule has 3 aromatic rings. The van der Waals surface area contributed by atoms with Crippen molar-refractivity contribution in [2.75, 3.05) is 22.8 Å². The molecule has 0 saturated carbocycles. The maximum Gasteiger partial charge on any atom is 0.264 e. The Balaban J connectivity index is 1.60. The highest BCUT2D eigenvalue weighted by Gasteiger charge is 2.28. The molecular formula is C25H24N2O4S2. The van der Waals surface area contributed by atoms with Crippen molar-refractivity contribution in [1.82, 2.24) is 0 Å². The molecule has 1 aliphatic heterocycles. The first kappa shape index (κ1) is 23.1. The molecule has 0 fully saturated rings. The van der Waals surface area contributed by atoms with Crippen LogP contribution in [0.25, 0.3) is 0 Å². The van der Waals surface area contributed by atoms with E-state index < -0.39 is 10.0 Å². The third-order valence-corrected chi connectivity index (χ3v) is 8.30. The van der Waals surface area contributed by atoms with Crippen molar-refractivity contribution in [3.63, 3.8) is 0 Å². The van der Waals surface area contributed by atoms with Gasteiger partial charge >= 0.3 is 0 Å². The van der Waals surface area contributed by atoms with Crippen molar-refractivity contribution < 1.29 is 18.3 Å². The van der Waals surface area contributed by atoms with Gasteiger partial charge in [-0.15, -0.1) is 0 Å². The summed E-state index contributed by atoms with van der Waals surface area (Å²) in [5, 5.41) is 12.1. The first-order chi connectivity index (χ1) is 15.9. The molecule has 0 unspecified atom stereocenters. The Labute approximate surface area is 198 Å². The van der Waals surface area contributed by atoms with Gasteiger partial charge in [-0.1, -0.05) is 48.2 Å². The van der Waals surface area contributed by atoms with E-state index in [0.29, 0.717) is 23.4 Å². The molecule has 4 rings (SSSR count). The van der Waals surface area contributed by atoms with Gasteiger partial charge in [-0.3, -0.25) is 9.10 Å². The molecule has 2 N–H and O–H groups in total. The van der Waals surface area contributed by atoms with Gasteiger partial charge in [-0.2, -0.15) is 0 Å². The van der Waals surface area contributed by atoms with E-state index in [-0.39, 0.29) is 24.0 Å². The number of carbonyl (C=O) groups excluding carboxylic acids is 1. The van der Waals surface area contributed by atoms with Crippen molar-refractivity contribution in [2.45, 2.75) is 23.1 Å². The van der Waals surface area contributed by atoms with Gasteiger partial charge < -0.3 is 10.4 Å². The van der Waals surface area contributed by atoms with Crippen molar-refractivity contribution >= 4 is 39.1 Å². The SMILES string of the molecule is Cc1ccccc1C(=O)Nc1ccc(S(=O)(=O)N2CC=C(CCO)Sc3ccccc32)cc1. The summed E-state index contributed by atoms with van der Waals surface area (Å²) in [7, 11) is -3.84. The Morgan fingerprint density at radius 1 is 1.03 bits per heavy atom. The van der Waals surface area contributed by atoms with Crippen LogP contribution >= 0.6 is 11.8 Å². The lowest BCUT2D eigenvalue weighted by Crippen LogP contribution is -2.31. The van der Waals surface area contributed by atoms with Crippen LogP contribution in [0.4, 0.5) is 11.4 Å². The lowest BCUT2D eigenvalue weighted by Gasteiger charge is -2.23. The van der Waals surface area contributed by atoms with E-state index in [2.05, 4.69) is 5.32 Å². The van der Waals surface area contributed by atoms with Crippen molar-refractivity contribution in [1.29, 1.82) is 0 Å². The number of hydrogen-bond acceptors (Lipinski definition) is 5. The van der Waals surface area contributed by atoms with E-state index in [4.69, 9.17) is 0 Å². The van der Waals surface area contributed by atoms with Crippen LogP contribution in [0, 0.1) is 6.92 Å². The molecule has 0 atom stereocenters. The average Bonchev–Trinajstić information content (AvgIpc) is 2.99. The van der Waals surface area contributed by atoms with Gasteiger partial charge in [0.1, 0.15) is 0 Å². The molecule has 1 amide bonds. The number of nitrogens with zero attached hydrogens (tertiary/aromatic N) is 1. The molecule has 33 heavy (non-hydrogen) atoms. The summed E-state index contributed by atoms with van der Waals surface area (Å²) in [6.07, 6.45) is 2.32. The molecule has 1 aliphatic rings. The molecule has 170 valence electrons. The zero-order chi connectivity index (χ0) is 23.4. The molecule has 1 heterocycles. The van der Waals surface area contributed by atoms with E-state index in [0.717, 1.165) is 15.4 Å². The third-order valence-electron chi connectivity index (χ3n) is 5.31. The fourth-order valence-electron chi connectivity index (χ4n) is 3.57. The number of carbonyl (C=O) groups is 1. The van der Waals surface area contributed by atoms with Crippen LogP contribution in [0.15, 0.2) is 93.6 Å². The fourth-order valence-corrected chi connectivity index (χ4v) is 6.11. The Morgan fingerprint density at radius 2 is 1.73 bits per heavy atom. The maximum atomic E-state index is 13.5. The average molecular weight is 481 g/mol. The predicted octanol–water partition coefficient (Wildman–Crippen LogP) is 4.81. The highest BCUT2D eigenvalue weighted by Crippen LogP contribution is 2.40. The number of thioether (sulfide) groups is 1. The standard InChI is InChI=1S/C25H24N2O4S2/c1-18-6-2-3-7-22(18)25(29)26-19-10-12-21(13-11-19)33(30,31)27-16-14-20(15-17-28)32-24-9-5-4-8-23(24)27/h2-14,28H,15-17H2,1H3,(H,26,29). The van der Waals surface area contributed by atoms with Crippen LogP contribution in [0.5, 0.6) is 0 Å². The normalized spacial score (nSPS) is 13.6. The first-order valence-corrected chi connectivity index (χ1v) is 12.7. The number of anilines is 2. The van der Waals surface area contributed by atoms with Crippen LogP contribution in [0.2, 0.25) is 0 Å². The number of benzene rings is 3. The fraction of sp³-hybridized carbons (Fsp3) is 0.160. The lowest BCUT2D eigenvalue weighted by atomic mass is 10.1. The summed E-state index contributed by atoms with van der Waals surface area (Å²) >= 11 is 1.47. The molecule has 0 saturated heterocycles. The first-order valence-electron chi connectivity index (χ1n) is 10.5. The molecule has 3 aromatic carbocycles. The van der Waals surface area contributed by atoms with Gasteiger partial charge in [0, 0.05) is 29.2 Å². The minimum absolute atomic E-state index is 0.00341. The summed E-state index contributed by atoms with van der Waals surface area (Å²) in [5.41, 5.74) is 2.54. The lowest BCUT2D eigenvalue weighted by molar-refractivity contribution is 0.102.